The van der Waals surface area contributed by atoms with Gasteiger partial charge in [0.2, 0.25) is 5.95 Å². The minimum absolute atomic E-state index is 0.0220. The molecule has 2 heterocycles. The highest BCUT2D eigenvalue weighted by Crippen LogP contribution is 2.33. The number of aromatic nitrogens is 2. The van der Waals surface area contributed by atoms with Gasteiger partial charge >= 0.3 is 12.3 Å². The number of anilines is 3. The van der Waals surface area contributed by atoms with Crippen molar-refractivity contribution < 1.29 is 36.6 Å². The van der Waals surface area contributed by atoms with Crippen LogP contribution < -0.4 is 10.2 Å². The number of aliphatic hydroxyl groups is 1. The van der Waals surface area contributed by atoms with E-state index < -0.39 is 30.5 Å². The van der Waals surface area contributed by atoms with Gasteiger partial charge in [-0.3, -0.25) is 4.90 Å². The molecule has 1 atom stereocenters. The van der Waals surface area contributed by atoms with Crippen molar-refractivity contribution in [2.24, 2.45) is 0 Å². The first kappa shape index (κ1) is 23.4. The maximum Gasteiger partial charge on any atom is 0.433 e. The lowest BCUT2D eigenvalue weighted by molar-refractivity contribution is -0.141. The van der Waals surface area contributed by atoms with Gasteiger partial charge in [0.25, 0.3) is 6.43 Å². The summed E-state index contributed by atoms with van der Waals surface area (Å²) in [4.78, 5) is 20.7. The number of nitrogens with one attached hydrogen (secondary N) is 1. The van der Waals surface area contributed by atoms with Crippen LogP contribution in [0.15, 0.2) is 54.7 Å². The van der Waals surface area contributed by atoms with E-state index in [9.17, 15) is 31.9 Å². The Morgan fingerprint density at radius 1 is 1.06 bits per heavy atom. The van der Waals surface area contributed by atoms with Crippen molar-refractivity contribution in [2.75, 3.05) is 23.4 Å². The van der Waals surface area contributed by atoms with Crippen LogP contribution in [-0.4, -0.2) is 40.7 Å². The van der Waals surface area contributed by atoms with Gasteiger partial charge in [-0.25, -0.2) is 23.5 Å². The average molecular weight is 480 g/mol. The summed E-state index contributed by atoms with van der Waals surface area (Å²) >= 11 is 0. The number of carbonyl (C=O) groups is 1. The number of nitrogens with zero attached hydrogens (tertiary/aromatic N) is 3. The zero-order valence-electron chi connectivity index (χ0n) is 17.3. The SMILES string of the molecule is O=C1OCCN1c1cc(Nc2nccc(C(F)(F)F)n2)cc(-c2ccc(C(O)C(F)F)cc2)c1. The van der Waals surface area contributed by atoms with Crippen LogP contribution in [-0.2, 0) is 10.9 Å². The number of hydrogen-bond donors (Lipinski definition) is 2. The fraction of sp³-hybridized carbons (Fsp3) is 0.227. The third kappa shape index (κ3) is 5.06. The van der Waals surface area contributed by atoms with Crippen LogP contribution in [0.1, 0.15) is 17.4 Å². The highest BCUT2D eigenvalue weighted by molar-refractivity contribution is 5.91. The van der Waals surface area contributed by atoms with Gasteiger partial charge in [-0.2, -0.15) is 13.2 Å². The summed E-state index contributed by atoms with van der Waals surface area (Å²) in [5, 5.41) is 12.3. The average Bonchev–Trinajstić information content (AvgIpc) is 3.24. The lowest BCUT2D eigenvalue weighted by Gasteiger charge is -2.17. The normalized spacial score (nSPS) is 14.9. The molecule has 2 aromatic carbocycles. The number of halogens is 5. The second kappa shape index (κ2) is 9.21. The topological polar surface area (TPSA) is 87.6 Å². The minimum Gasteiger partial charge on any atom is -0.447 e. The zero-order valence-corrected chi connectivity index (χ0v) is 17.3. The molecule has 1 unspecified atom stereocenters. The van der Waals surface area contributed by atoms with Crippen molar-refractivity contribution in [2.45, 2.75) is 18.7 Å². The molecule has 178 valence electrons. The smallest absolute Gasteiger partial charge is 0.433 e. The Hall–Kier alpha value is -3.80. The molecule has 1 aliphatic rings. The van der Waals surface area contributed by atoms with E-state index in [-0.39, 0.29) is 30.4 Å². The fourth-order valence-electron chi connectivity index (χ4n) is 3.36. The molecule has 2 N–H and O–H groups in total. The summed E-state index contributed by atoms with van der Waals surface area (Å²) in [6.07, 6.45) is -9.16. The van der Waals surface area contributed by atoms with E-state index >= 15 is 0 Å². The molecule has 34 heavy (non-hydrogen) atoms. The van der Waals surface area contributed by atoms with Crippen molar-refractivity contribution >= 4 is 23.4 Å². The Kier molecular flexibility index (Phi) is 6.33. The van der Waals surface area contributed by atoms with Crippen molar-refractivity contribution in [3.63, 3.8) is 0 Å². The summed E-state index contributed by atoms with van der Waals surface area (Å²) in [6.45, 7) is 0.435. The fourth-order valence-corrected chi connectivity index (χ4v) is 3.36. The second-order valence-corrected chi connectivity index (χ2v) is 7.32. The van der Waals surface area contributed by atoms with Crippen LogP contribution in [0.5, 0.6) is 0 Å². The number of rotatable bonds is 6. The number of carbonyl (C=O) groups excluding carboxylic acids is 1. The highest BCUT2D eigenvalue weighted by Gasteiger charge is 2.33. The van der Waals surface area contributed by atoms with Crippen LogP contribution >= 0.6 is 0 Å². The van der Waals surface area contributed by atoms with E-state index in [4.69, 9.17) is 4.74 Å². The predicted octanol–water partition coefficient (Wildman–Crippen LogP) is 5.16. The maximum absolute atomic E-state index is 13.0. The lowest BCUT2D eigenvalue weighted by Crippen LogP contribution is -2.23. The Balaban J connectivity index is 1.71. The molecule has 7 nitrogen and oxygen atoms in total. The number of alkyl halides is 5. The van der Waals surface area contributed by atoms with Gasteiger partial charge in [-0.15, -0.1) is 0 Å². The van der Waals surface area contributed by atoms with Crippen molar-refractivity contribution in [3.8, 4) is 11.1 Å². The zero-order chi connectivity index (χ0) is 24.5. The molecule has 1 aromatic heterocycles. The van der Waals surface area contributed by atoms with E-state index in [0.717, 1.165) is 12.3 Å². The van der Waals surface area contributed by atoms with Gasteiger partial charge < -0.3 is 15.2 Å². The number of hydrogen-bond acceptors (Lipinski definition) is 6. The molecule has 1 saturated heterocycles. The Bertz CT molecular complexity index is 1190. The molecule has 1 fully saturated rings. The molecule has 1 aliphatic heterocycles. The molecule has 0 aliphatic carbocycles. The number of aliphatic hydroxyl groups excluding tert-OH is 1. The Labute approximate surface area is 189 Å². The quantitative estimate of drug-likeness (QED) is 0.474. The molecule has 12 heteroatoms. The third-order valence-corrected chi connectivity index (χ3v) is 5.02. The number of cyclic esters (lactones) is 1. The highest BCUT2D eigenvalue weighted by atomic mass is 19.4. The summed E-state index contributed by atoms with van der Waals surface area (Å²) in [5.41, 5.74) is 0.637. The first-order chi connectivity index (χ1) is 16.1. The van der Waals surface area contributed by atoms with E-state index in [1.54, 1.807) is 12.1 Å². The Morgan fingerprint density at radius 2 is 1.79 bits per heavy atom. The number of amides is 1. The van der Waals surface area contributed by atoms with Crippen molar-refractivity contribution in [3.05, 3.63) is 66.0 Å². The third-order valence-electron chi connectivity index (χ3n) is 5.02. The summed E-state index contributed by atoms with van der Waals surface area (Å²) in [6, 6.07) is 11.2. The summed E-state index contributed by atoms with van der Waals surface area (Å²) in [7, 11) is 0. The van der Waals surface area contributed by atoms with Gasteiger partial charge in [0.05, 0.1) is 6.54 Å². The molecule has 1 amide bonds. The van der Waals surface area contributed by atoms with Crippen LogP contribution in [0.2, 0.25) is 0 Å². The first-order valence-corrected chi connectivity index (χ1v) is 9.95. The van der Waals surface area contributed by atoms with Gasteiger partial charge in [0.1, 0.15) is 18.4 Å². The van der Waals surface area contributed by atoms with Crippen LogP contribution in [0, 0.1) is 0 Å². The molecule has 0 bridgehead atoms. The molecular formula is C22H17F5N4O3. The van der Waals surface area contributed by atoms with Gasteiger partial charge in [0, 0.05) is 17.6 Å². The first-order valence-electron chi connectivity index (χ1n) is 9.95. The van der Waals surface area contributed by atoms with E-state index in [2.05, 4.69) is 15.3 Å². The van der Waals surface area contributed by atoms with Crippen molar-refractivity contribution in [1.29, 1.82) is 0 Å². The molecule has 4 rings (SSSR count). The van der Waals surface area contributed by atoms with Gasteiger partial charge in [0.15, 0.2) is 0 Å². The summed E-state index contributed by atoms with van der Waals surface area (Å²) in [5.74, 6) is -0.308. The minimum atomic E-state index is -4.66. The van der Waals surface area contributed by atoms with Crippen LogP contribution in [0.25, 0.3) is 11.1 Å². The van der Waals surface area contributed by atoms with E-state index in [0.29, 0.717) is 16.8 Å². The van der Waals surface area contributed by atoms with Gasteiger partial charge in [-0.1, -0.05) is 24.3 Å². The monoisotopic (exact) mass is 480 g/mol. The maximum atomic E-state index is 13.0. The van der Waals surface area contributed by atoms with Crippen LogP contribution in [0.3, 0.4) is 0 Å². The second-order valence-electron chi connectivity index (χ2n) is 7.32. The summed E-state index contributed by atoms with van der Waals surface area (Å²) < 4.78 is 69.5. The predicted molar refractivity (Wildman–Crippen MR) is 112 cm³/mol. The lowest BCUT2D eigenvalue weighted by atomic mass is 10.0. The van der Waals surface area contributed by atoms with E-state index in [1.165, 1.54) is 35.2 Å². The molecule has 0 spiro atoms. The van der Waals surface area contributed by atoms with Crippen molar-refractivity contribution in [1.82, 2.24) is 9.97 Å². The van der Waals surface area contributed by atoms with E-state index in [1.807, 2.05) is 0 Å². The largest absolute Gasteiger partial charge is 0.447 e. The van der Waals surface area contributed by atoms with Gasteiger partial charge in [-0.05, 0) is 41.0 Å². The number of ether oxygens (including phenoxy) is 1. The molecule has 0 saturated carbocycles. The standard InChI is InChI=1S/C22H17F5N4O3/c23-19(24)18(32)13-3-1-12(2-4-13)14-9-15(11-16(10-14)31-7-8-34-21(31)33)29-20-28-6-5-17(30-20)22(25,26)27/h1-6,9-11,18-19,32H,7-8H2,(H,28,29,30). The molecular weight excluding hydrogens is 463 g/mol. The molecule has 3 aromatic rings. The van der Waals surface area contributed by atoms with Crippen LogP contribution in [0.4, 0.5) is 44.1 Å². The Morgan fingerprint density at radius 3 is 2.41 bits per heavy atom. The molecule has 0 radical (unpaired) electrons. The number of benzene rings is 2.